The third kappa shape index (κ3) is 2.11. The predicted molar refractivity (Wildman–Crippen MR) is 96.1 cm³/mol. The fourth-order valence-corrected chi connectivity index (χ4v) is 3.56. The van der Waals surface area contributed by atoms with Crippen molar-refractivity contribution < 1.29 is 9.18 Å². The molecule has 0 saturated carbocycles. The molecule has 2 heterocycles. The molecule has 2 aromatic carbocycles. The average molecular weight is 367 g/mol. The van der Waals surface area contributed by atoms with E-state index in [4.69, 9.17) is 17.3 Å². The molecule has 1 amide bonds. The normalized spacial score (nSPS) is 21.0. The molecule has 4 rings (SSSR count). The summed E-state index contributed by atoms with van der Waals surface area (Å²) >= 11 is 5.88. The molecule has 1 atom stereocenters. The minimum atomic E-state index is -1.35. The van der Waals surface area contributed by atoms with Crippen LogP contribution in [0.1, 0.15) is 11.1 Å². The van der Waals surface area contributed by atoms with Crippen molar-refractivity contribution in [3.05, 3.63) is 81.9 Å². The maximum absolute atomic E-state index is 13.5. The summed E-state index contributed by atoms with van der Waals surface area (Å²) in [4.78, 5) is 12.9. The smallest absolute Gasteiger partial charge is 0.244 e. The number of rotatable bonds is 1. The van der Waals surface area contributed by atoms with E-state index in [9.17, 15) is 14.4 Å². The number of para-hydroxylation sites is 1. The van der Waals surface area contributed by atoms with Gasteiger partial charge in [-0.05, 0) is 35.9 Å². The van der Waals surface area contributed by atoms with E-state index >= 15 is 0 Å². The van der Waals surface area contributed by atoms with Crippen molar-refractivity contribution in [3.63, 3.8) is 0 Å². The van der Waals surface area contributed by atoms with Crippen LogP contribution in [0.5, 0.6) is 0 Å². The first-order valence-corrected chi connectivity index (χ1v) is 8.12. The van der Waals surface area contributed by atoms with Gasteiger partial charge in [-0.1, -0.05) is 29.8 Å². The Labute approximate surface area is 153 Å². The molecule has 0 saturated heterocycles. The number of fused-ring (bicyclic) bond motifs is 2. The Kier molecular flexibility index (Phi) is 3.49. The maximum Gasteiger partial charge on any atom is 0.244 e. The first-order chi connectivity index (χ1) is 12.5. The van der Waals surface area contributed by atoms with E-state index < -0.39 is 11.2 Å². The summed E-state index contributed by atoms with van der Waals surface area (Å²) in [6.07, 6.45) is 1.63. The Balaban J connectivity index is 1.98. The summed E-state index contributed by atoms with van der Waals surface area (Å²) in [6, 6.07) is 13.4. The van der Waals surface area contributed by atoms with E-state index in [0.29, 0.717) is 22.5 Å². The topological polar surface area (TPSA) is 90.9 Å². The molecule has 26 heavy (non-hydrogen) atoms. The second-order valence-electron chi connectivity index (χ2n) is 6.02. The molecule has 0 bridgehead atoms. The largest absolute Gasteiger partial charge is 0.384 e. The van der Waals surface area contributed by atoms with Gasteiger partial charge >= 0.3 is 0 Å². The van der Waals surface area contributed by atoms with Crippen molar-refractivity contribution in [2.24, 2.45) is 5.73 Å². The number of nitrogens with two attached hydrogens (primary N) is 1. The monoisotopic (exact) mass is 366 g/mol. The molecule has 2 aromatic rings. The van der Waals surface area contributed by atoms with Crippen molar-refractivity contribution in [3.8, 4) is 6.07 Å². The molecule has 0 radical (unpaired) electrons. The fraction of sp³-hybridized carbons (Fsp3) is 0.0526. The number of benzene rings is 2. The third-order valence-corrected chi connectivity index (χ3v) is 4.88. The number of anilines is 1. The van der Waals surface area contributed by atoms with Gasteiger partial charge in [0.25, 0.3) is 0 Å². The van der Waals surface area contributed by atoms with Crippen molar-refractivity contribution in [1.82, 2.24) is 5.32 Å². The molecule has 4 N–H and O–H groups in total. The van der Waals surface area contributed by atoms with Crippen LogP contribution in [-0.4, -0.2) is 5.91 Å². The zero-order valence-electron chi connectivity index (χ0n) is 13.3. The summed E-state index contributed by atoms with van der Waals surface area (Å²) in [6.45, 7) is 0. The summed E-state index contributed by atoms with van der Waals surface area (Å²) < 4.78 is 13.5. The number of hydrogen-bond donors (Lipinski definition) is 3. The van der Waals surface area contributed by atoms with E-state index in [1.54, 1.807) is 30.3 Å². The molecule has 2 aliphatic heterocycles. The minimum absolute atomic E-state index is 0.0517. The first-order valence-electron chi connectivity index (χ1n) is 7.74. The number of amides is 1. The summed E-state index contributed by atoms with van der Waals surface area (Å²) in [7, 11) is 0. The summed E-state index contributed by atoms with van der Waals surface area (Å²) in [5.41, 5.74) is 7.11. The zero-order chi connectivity index (χ0) is 18.5. The van der Waals surface area contributed by atoms with Gasteiger partial charge in [-0.3, -0.25) is 4.79 Å². The van der Waals surface area contributed by atoms with Gasteiger partial charge in [0.2, 0.25) is 5.91 Å². The van der Waals surface area contributed by atoms with Gasteiger partial charge in [-0.15, -0.1) is 0 Å². The molecule has 128 valence electrons. The van der Waals surface area contributed by atoms with Gasteiger partial charge in [0.05, 0.1) is 10.6 Å². The Morgan fingerprint density at radius 3 is 2.69 bits per heavy atom. The lowest BCUT2D eigenvalue weighted by Gasteiger charge is -2.31. The van der Waals surface area contributed by atoms with Crippen molar-refractivity contribution in [2.75, 3.05) is 5.32 Å². The fourth-order valence-electron chi connectivity index (χ4n) is 3.38. The van der Waals surface area contributed by atoms with Crippen molar-refractivity contribution in [2.45, 2.75) is 5.41 Å². The van der Waals surface area contributed by atoms with Crippen molar-refractivity contribution >= 4 is 28.9 Å². The SMILES string of the molecule is N#CC1=C(N)NC(c2ccc(F)c(Cl)c2)=CC12C(=O)Nc1ccccc12. The van der Waals surface area contributed by atoms with E-state index in [1.165, 1.54) is 18.2 Å². The van der Waals surface area contributed by atoms with E-state index in [2.05, 4.69) is 16.7 Å². The number of dihydropyridines is 1. The van der Waals surface area contributed by atoms with Crippen LogP contribution in [0.25, 0.3) is 5.70 Å². The van der Waals surface area contributed by atoms with Crippen LogP contribution in [0.2, 0.25) is 5.02 Å². The highest BCUT2D eigenvalue weighted by atomic mass is 35.5. The number of carbonyl (C=O) groups is 1. The Bertz CT molecular complexity index is 1070. The molecule has 1 unspecified atom stereocenters. The number of nitrogens with zero attached hydrogens (tertiary/aromatic N) is 1. The van der Waals surface area contributed by atoms with Crippen LogP contribution < -0.4 is 16.4 Å². The van der Waals surface area contributed by atoms with Crippen LogP contribution in [0, 0.1) is 17.1 Å². The molecular formula is C19H12ClFN4O. The number of nitrogens with one attached hydrogen (secondary N) is 2. The quantitative estimate of drug-likeness (QED) is 0.723. The second kappa shape index (κ2) is 5.61. The Hall–Kier alpha value is -3.30. The lowest BCUT2D eigenvalue weighted by atomic mass is 9.72. The highest BCUT2D eigenvalue weighted by molar-refractivity contribution is 6.30. The van der Waals surface area contributed by atoms with Gasteiger partial charge in [0.15, 0.2) is 0 Å². The minimum Gasteiger partial charge on any atom is -0.384 e. The Morgan fingerprint density at radius 2 is 1.96 bits per heavy atom. The van der Waals surface area contributed by atoms with Crippen LogP contribution in [0.4, 0.5) is 10.1 Å². The summed E-state index contributed by atoms with van der Waals surface area (Å²) in [5, 5.41) is 15.3. The molecule has 0 fully saturated rings. The van der Waals surface area contributed by atoms with Crippen LogP contribution in [0.15, 0.2) is 59.9 Å². The van der Waals surface area contributed by atoms with Gasteiger partial charge in [0.1, 0.15) is 23.1 Å². The van der Waals surface area contributed by atoms with Gasteiger partial charge in [-0.25, -0.2) is 4.39 Å². The predicted octanol–water partition coefficient (Wildman–Crippen LogP) is 3.01. The average Bonchev–Trinajstić information content (AvgIpc) is 2.89. The lowest BCUT2D eigenvalue weighted by molar-refractivity contribution is -0.118. The van der Waals surface area contributed by atoms with Crippen molar-refractivity contribution in [1.29, 1.82) is 5.26 Å². The highest BCUT2D eigenvalue weighted by Crippen LogP contribution is 2.47. The van der Waals surface area contributed by atoms with Crippen LogP contribution >= 0.6 is 11.6 Å². The maximum atomic E-state index is 13.5. The molecule has 0 aliphatic carbocycles. The number of halogens is 2. The zero-order valence-corrected chi connectivity index (χ0v) is 14.1. The highest BCUT2D eigenvalue weighted by Gasteiger charge is 2.51. The standard InChI is InChI=1S/C19H12ClFN4O/c20-13-7-10(5-6-14(13)21)16-8-19(12(9-22)17(23)24-16)11-3-1-2-4-15(11)25-18(19)26/h1-8,24H,23H2,(H,25,26). The first kappa shape index (κ1) is 16.2. The molecule has 5 nitrogen and oxygen atoms in total. The van der Waals surface area contributed by atoms with Crippen LogP contribution in [0.3, 0.4) is 0 Å². The number of hydrogen-bond acceptors (Lipinski definition) is 4. The molecule has 7 heteroatoms. The molecule has 2 aliphatic rings. The van der Waals surface area contributed by atoms with E-state index in [0.717, 1.165) is 0 Å². The Morgan fingerprint density at radius 1 is 1.19 bits per heavy atom. The number of nitriles is 1. The van der Waals surface area contributed by atoms with Crippen LogP contribution in [-0.2, 0) is 10.2 Å². The molecule has 1 spiro atoms. The third-order valence-electron chi connectivity index (χ3n) is 4.59. The lowest BCUT2D eigenvalue weighted by Crippen LogP contribution is -2.42. The van der Waals surface area contributed by atoms with E-state index in [-0.39, 0.29) is 22.3 Å². The molecular weight excluding hydrogens is 355 g/mol. The van der Waals surface area contributed by atoms with E-state index in [1.807, 2.05) is 0 Å². The van der Waals surface area contributed by atoms with Gasteiger partial charge < -0.3 is 16.4 Å². The van der Waals surface area contributed by atoms with Gasteiger partial charge in [0, 0.05) is 16.9 Å². The number of carbonyl (C=O) groups excluding carboxylic acids is 1. The van der Waals surface area contributed by atoms with Gasteiger partial charge in [-0.2, -0.15) is 5.26 Å². The molecule has 0 aromatic heterocycles. The second-order valence-corrected chi connectivity index (χ2v) is 6.43. The summed E-state index contributed by atoms with van der Waals surface area (Å²) in [5.74, 6) is -0.852.